The van der Waals surface area contributed by atoms with Crippen LogP contribution in [0.5, 0.6) is 0 Å². The highest BCUT2D eigenvalue weighted by Gasteiger charge is 2.21. The van der Waals surface area contributed by atoms with Crippen molar-refractivity contribution in [2.45, 2.75) is 38.6 Å². The number of carbonyl (C=O) groups is 1. The van der Waals surface area contributed by atoms with Gasteiger partial charge in [0.25, 0.3) is 0 Å². The first-order valence-electron chi connectivity index (χ1n) is 6.13. The van der Waals surface area contributed by atoms with Crippen LogP contribution in [0.25, 0.3) is 0 Å². The van der Waals surface area contributed by atoms with E-state index < -0.39 is 0 Å². The molecule has 0 saturated carbocycles. The summed E-state index contributed by atoms with van der Waals surface area (Å²) in [5.41, 5.74) is 2.15. The van der Waals surface area contributed by atoms with Gasteiger partial charge in [0, 0.05) is 32.3 Å². The predicted molar refractivity (Wildman–Crippen MR) is 67.0 cm³/mol. The lowest BCUT2D eigenvalue weighted by Crippen LogP contribution is -2.31. The minimum absolute atomic E-state index is 0.159. The van der Waals surface area contributed by atoms with E-state index in [2.05, 4.69) is 29.6 Å². The molecule has 0 aliphatic carbocycles. The lowest BCUT2D eigenvalue weighted by molar-refractivity contribution is -0.119. The molecule has 1 aliphatic heterocycles. The molecule has 1 unspecified atom stereocenters. The van der Waals surface area contributed by atoms with Crippen LogP contribution in [0.4, 0.5) is 5.69 Å². The standard InChI is InChI=1S/C12H20N4O/c1-8(2)12-10(7-16(3)15-12)13-6-9-4-5-11(17)14-9/h7-9,13H,4-6H2,1-3H3,(H,14,17). The van der Waals surface area contributed by atoms with Gasteiger partial charge < -0.3 is 10.6 Å². The van der Waals surface area contributed by atoms with E-state index in [1.165, 1.54) is 0 Å². The van der Waals surface area contributed by atoms with Gasteiger partial charge in [0.1, 0.15) is 0 Å². The van der Waals surface area contributed by atoms with Gasteiger partial charge in [-0.3, -0.25) is 9.48 Å². The molecule has 1 aromatic rings. The summed E-state index contributed by atoms with van der Waals surface area (Å²) >= 11 is 0. The Morgan fingerprint density at radius 2 is 2.41 bits per heavy atom. The second-order valence-corrected chi connectivity index (χ2v) is 4.94. The van der Waals surface area contributed by atoms with Crippen molar-refractivity contribution in [3.63, 3.8) is 0 Å². The van der Waals surface area contributed by atoms with Crippen molar-refractivity contribution in [1.29, 1.82) is 0 Å². The fourth-order valence-corrected chi connectivity index (χ4v) is 2.13. The average Bonchev–Trinajstić information content (AvgIpc) is 2.82. The molecule has 17 heavy (non-hydrogen) atoms. The van der Waals surface area contributed by atoms with E-state index >= 15 is 0 Å². The van der Waals surface area contributed by atoms with E-state index in [-0.39, 0.29) is 11.9 Å². The summed E-state index contributed by atoms with van der Waals surface area (Å²) in [6, 6.07) is 0.253. The Labute approximate surface area is 102 Å². The van der Waals surface area contributed by atoms with Crippen LogP contribution in [0.3, 0.4) is 0 Å². The number of hydrogen-bond acceptors (Lipinski definition) is 3. The molecule has 1 aromatic heterocycles. The zero-order valence-electron chi connectivity index (χ0n) is 10.7. The highest BCUT2D eigenvalue weighted by atomic mass is 16.1. The van der Waals surface area contributed by atoms with Gasteiger partial charge in [0.2, 0.25) is 5.91 Å². The Morgan fingerprint density at radius 3 is 3.00 bits per heavy atom. The molecule has 1 atom stereocenters. The van der Waals surface area contributed by atoms with E-state index in [4.69, 9.17) is 0 Å². The number of aryl methyl sites for hydroxylation is 1. The van der Waals surface area contributed by atoms with Crippen LogP contribution in [0.1, 0.15) is 38.3 Å². The van der Waals surface area contributed by atoms with Crippen molar-refractivity contribution in [1.82, 2.24) is 15.1 Å². The predicted octanol–water partition coefficient (Wildman–Crippen LogP) is 1.23. The van der Waals surface area contributed by atoms with Crippen LogP contribution in [0, 0.1) is 0 Å². The summed E-state index contributed by atoms with van der Waals surface area (Å²) in [6.45, 7) is 5.03. The second-order valence-electron chi connectivity index (χ2n) is 4.94. The quantitative estimate of drug-likeness (QED) is 0.826. The first-order valence-corrected chi connectivity index (χ1v) is 6.13. The Bertz CT molecular complexity index is 411. The molecule has 1 saturated heterocycles. The maximum atomic E-state index is 11.1. The normalized spacial score (nSPS) is 19.8. The summed E-state index contributed by atoms with van der Waals surface area (Å²) in [6.07, 6.45) is 3.56. The number of amides is 1. The molecule has 0 aromatic carbocycles. The van der Waals surface area contributed by atoms with Gasteiger partial charge in [0.05, 0.1) is 11.4 Å². The molecule has 1 aliphatic rings. The first kappa shape index (κ1) is 12.0. The average molecular weight is 236 g/mol. The summed E-state index contributed by atoms with van der Waals surface area (Å²) in [4.78, 5) is 11.1. The molecular weight excluding hydrogens is 216 g/mol. The molecular formula is C12H20N4O. The van der Waals surface area contributed by atoms with Gasteiger partial charge in [-0.15, -0.1) is 0 Å². The fraction of sp³-hybridized carbons (Fsp3) is 0.667. The Balaban J connectivity index is 1.96. The smallest absolute Gasteiger partial charge is 0.220 e. The first-order chi connectivity index (χ1) is 8.06. The molecule has 2 heterocycles. The lowest BCUT2D eigenvalue weighted by Gasteiger charge is -2.13. The minimum atomic E-state index is 0.159. The zero-order valence-corrected chi connectivity index (χ0v) is 10.7. The van der Waals surface area contributed by atoms with Crippen LogP contribution in [-0.2, 0) is 11.8 Å². The van der Waals surface area contributed by atoms with Crippen molar-refractivity contribution in [3.8, 4) is 0 Å². The lowest BCUT2D eigenvalue weighted by atomic mass is 10.1. The van der Waals surface area contributed by atoms with Gasteiger partial charge in [-0.05, 0) is 12.3 Å². The van der Waals surface area contributed by atoms with Crippen LogP contribution >= 0.6 is 0 Å². The summed E-state index contributed by atoms with van der Waals surface area (Å²) in [7, 11) is 1.93. The third-order valence-corrected chi connectivity index (χ3v) is 3.03. The van der Waals surface area contributed by atoms with Crippen LogP contribution in [0.15, 0.2) is 6.20 Å². The van der Waals surface area contributed by atoms with Crippen LogP contribution < -0.4 is 10.6 Å². The van der Waals surface area contributed by atoms with Gasteiger partial charge in [0.15, 0.2) is 0 Å². The molecule has 1 fully saturated rings. The third-order valence-electron chi connectivity index (χ3n) is 3.03. The van der Waals surface area contributed by atoms with E-state index in [1.807, 2.05) is 17.9 Å². The van der Waals surface area contributed by atoms with E-state index in [1.54, 1.807) is 0 Å². The van der Waals surface area contributed by atoms with E-state index in [0.717, 1.165) is 24.3 Å². The molecule has 0 bridgehead atoms. The van der Waals surface area contributed by atoms with Gasteiger partial charge in [-0.1, -0.05) is 13.8 Å². The van der Waals surface area contributed by atoms with Crippen LogP contribution in [0.2, 0.25) is 0 Å². The molecule has 2 rings (SSSR count). The van der Waals surface area contributed by atoms with Crippen molar-refractivity contribution >= 4 is 11.6 Å². The van der Waals surface area contributed by atoms with Crippen molar-refractivity contribution in [2.24, 2.45) is 7.05 Å². The highest BCUT2D eigenvalue weighted by molar-refractivity contribution is 5.78. The summed E-state index contributed by atoms with van der Waals surface area (Å²) in [5.74, 6) is 0.559. The van der Waals surface area contributed by atoms with Gasteiger partial charge >= 0.3 is 0 Å². The Kier molecular flexibility index (Phi) is 3.36. The highest BCUT2D eigenvalue weighted by Crippen LogP contribution is 2.22. The number of carbonyl (C=O) groups excluding carboxylic acids is 1. The molecule has 94 valence electrons. The van der Waals surface area contributed by atoms with Crippen molar-refractivity contribution < 1.29 is 4.79 Å². The molecule has 5 nitrogen and oxygen atoms in total. The van der Waals surface area contributed by atoms with Crippen molar-refractivity contribution in [3.05, 3.63) is 11.9 Å². The number of hydrogen-bond donors (Lipinski definition) is 2. The van der Waals surface area contributed by atoms with Gasteiger partial charge in [-0.2, -0.15) is 5.10 Å². The number of anilines is 1. The zero-order chi connectivity index (χ0) is 12.4. The SMILES string of the molecule is CC(C)c1nn(C)cc1NCC1CCC(=O)N1. The Hall–Kier alpha value is -1.52. The molecule has 0 radical (unpaired) electrons. The fourth-order valence-electron chi connectivity index (χ4n) is 2.13. The second kappa shape index (κ2) is 4.77. The van der Waals surface area contributed by atoms with Crippen LogP contribution in [-0.4, -0.2) is 28.3 Å². The number of nitrogens with one attached hydrogen (secondary N) is 2. The van der Waals surface area contributed by atoms with Crippen molar-refractivity contribution in [2.75, 3.05) is 11.9 Å². The molecule has 1 amide bonds. The number of rotatable bonds is 4. The van der Waals surface area contributed by atoms with E-state index in [9.17, 15) is 4.79 Å². The largest absolute Gasteiger partial charge is 0.380 e. The Morgan fingerprint density at radius 1 is 1.65 bits per heavy atom. The minimum Gasteiger partial charge on any atom is -0.380 e. The topological polar surface area (TPSA) is 59.0 Å². The monoisotopic (exact) mass is 236 g/mol. The third kappa shape index (κ3) is 2.78. The van der Waals surface area contributed by atoms with E-state index in [0.29, 0.717) is 12.3 Å². The number of aromatic nitrogens is 2. The molecule has 2 N–H and O–H groups in total. The molecule has 5 heteroatoms. The maximum Gasteiger partial charge on any atom is 0.220 e. The summed E-state index contributed by atoms with van der Waals surface area (Å²) < 4.78 is 1.82. The number of nitrogens with zero attached hydrogens (tertiary/aromatic N) is 2. The maximum absolute atomic E-state index is 11.1. The van der Waals surface area contributed by atoms with Gasteiger partial charge in [-0.25, -0.2) is 0 Å². The summed E-state index contributed by atoms with van der Waals surface area (Å²) in [5, 5.41) is 10.8. The molecule has 0 spiro atoms.